The fourth-order valence-corrected chi connectivity index (χ4v) is 1.62. The topological polar surface area (TPSA) is 124 Å². The summed E-state index contributed by atoms with van der Waals surface area (Å²) in [6.45, 7) is 1.76. The molecule has 2 amide bonds. The third kappa shape index (κ3) is 4.53. The summed E-state index contributed by atoms with van der Waals surface area (Å²) >= 11 is 0. The van der Waals surface area contributed by atoms with Crippen LogP contribution in [0.25, 0.3) is 0 Å². The average molecular weight is 314 g/mol. The Labute approximate surface area is 131 Å². The highest BCUT2D eigenvalue weighted by Gasteiger charge is 2.13. The lowest BCUT2D eigenvalue weighted by atomic mass is 10.2. The normalized spacial score (nSPS) is 10.5. The number of aryl methyl sites for hydroxylation is 1. The van der Waals surface area contributed by atoms with Gasteiger partial charge in [0.05, 0.1) is 6.21 Å². The number of nitrogens with one attached hydrogen (secondary N) is 2. The molecule has 0 aliphatic heterocycles. The monoisotopic (exact) mass is 314 g/mol. The molecule has 0 aliphatic rings. The molecule has 0 saturated carbocycles. The van der Waals surface area contributed by atoms with Gasteiger partial charge in [-0.2, -0.15) is 5.10 Å². The van der Waals surface area contributed by atoms with Crippen LogP contribution in [0.5, 0.6) is 11.5 Å². The maximum atomic E-state index is 11.7. The summed E-state index contributed by atoms with van der Waals surface area (Å²) in [6.07, 6.45) is 1.22. The zero-order valence-electron chi connectivity index (χ0n) is 12.1. The van der Waals surface area contributed by atoms with Crippen LogP contribution < -0.4 is 10.7 Å². The van der Waals surface area contributed by atoms with E-state index in [2.05, 4.69) is 15.4 Å². The van der Waals surface area contributed by atoms with E-state index in [1.54, 1.807) is 25.1 Å². The minimum Gasteiger partial charge on any atom is -0.504 e. The second kappa shape index (κ2) is 7.03. The van der Waals surface area contributed by atoms with Gasteiger partial charge in [0.25, 0.3) is 0 Å². The molecule has 0 fully saturated rings. The number of aromatic nitrogens is 1. The number of carbonyl (C=O) groups excluding carboxylic acids is 2. The first-order valence-electron chi connectivity index (χ1n) is 6.56. The van der Waals surface area contributed by atoms with E-state index in [4.69, 9.17) is 5.11 Å². The van der Waals surface area contributed by atoms with Gasteiger partial charge >= 0.3 is 11.8 Å². The molecule has 0 unspecified atom stereocenters. The van der Waals surface area contributed by atoms with Crippen LogP contribution in [-0.4, -0.2) is 33.2 Å². The van der Waals surface area contributed by atoms with Crippen LogP contribution in [0.2, 0.25) is 0 Å². The number of benzene rings is 1. The molecule has 8 heteroatoms. The highest BCUT2D eigenvalue weighted by Crippen LogP contribution is 2.23. The highest BCUT2D eigenvalue weighted by atomic mass is 16.3. The molecule has 118 valence electrons. The van der Waals surface area contributed by atoms with Gasteiger partial charge in [0, 0.05) is 5.69 Å². The van der Waals surface area contributed by atoms with Crippen molar-refractivity contribution >= 4 is 23.8 Å². The van der Waals surface area contributed by atoms with E-state index < -0.39 is 11.8 Å². The quantitative estimate of drug-likeness (QED) is 0.290. The molecule has 0 aliphatic carbocycles. The molecular weight excluding hydrogens is 300 g/mol. The van der Waals surface area contributed by atoms with E-state index in [1.807, 2.05) is 5.43 Å². The zero-order chi connectivity index (χ0) is 16.8. The van der Waals surface area contributed by atoms with Crippen molar-refractivity contribution in [3.05, 3.63) is 47.7 Å². The van der Waals surface area contributed by atoms with E-state index in [0.29, 0.717) is 11.3 Å². The second-order valence-electron chi connectivity index (χ2n) is 4.57. The number of rotatable bonds is 3. The van der Waals surface area contributed by atoms with Gasteiger partial charge < -0.3 is 15.5 Å². The first kappa shape index (κ1) is 16.0. The first-order chi connectivity index (χ1) is 11.0. The second-order valence-corrected chi connectivity index (χ2v) is 4.57. The highest BCUT2D eigenvalue weighted by molar-refractivity contribution is 6.39. The van der Waals surface area contributed by atoms with Crippen molar-refractivity contribution in [2.24, 2.45) is 5.10 Å². The third-order valence-corrected chi connectivity index (χ3v) is 2.72. The van der Waals surface area contributed by atoms with Crippen LogP contribution in [0.1, 0.15) is 11.3 Å². The van der Waals surface area contributed by atoms with Gasteiger partial charge in [0.2, 0.25) is 0 Å². The maximum Gasteiger partial charge on any atom is 0.329 e. The molecule has 0 atom stereocenters. The Morgan fingerprint density at radius 3 is 2.61 bits per heavy atom. The maximum absolute atomic E-state index is 11.7. The molecule has 23 heavy (non-hydrogen) atoms. The van der Waals surface area contributed by atoms with Crippen molar-refractivity contribution in [3.63, 3.8) is 0 Å². The fraction of sp³-hybridized carbons (Fsp3) is 0.0667. The predicted octanol–water partition coefficient (Wildman–Crippen LogP) is 0.890. The SMILES string of the molecule is Cc1cccc(NC(=O)C(=O)N/N=C/c2ccc(O)c(O)c2)n1. The molecule has 0 bridgehead atoms. The number of nitrogens with zero attached hydrogens (tertiary/aromatic N) is 2. The zero-order valence-corrected chi connectivity index (χ0v) is 12.1. The summed E-state index contributed by atoms with van der Waals surface area (Å²) in [6, 6.07) is 9.01. The lowest BCUT2D eigenvalue weighted by Gasteiger charge is -2.03. The minimum absolute atomic E-state index is 0.262. The largest absolute Gasteiger partial charge is 0.504 e. The van der Waals surface area contributed by atoms with Gasteiger partial charge in [-0.1, -0.05) is 6.07 Å². The van der Waals surface area contributed by atoms with Crippen LogP contribution in [0.3, 0.4) is 0 Å². The molecule has 4 N–H and O–H groups in total. The van der Waals surface area contributed by atoms with Crippen molar-refractivity contribution in [3.8, 4) is 11.5 Å². The molecular formula is C15H14N4O4. The van der Waals surface area contributed by atoms with Gasteiger partial charge in [0.15, 0.2) is 11.5 Å². The summed E-state index contributed by atoms with van der Waals surface area (Å²) < 4.78 is 0. The number of phenolic OH excluding ortho intramolecular Hbond substituents is 2. The lowest BCUT2D eigenvalue weighted by Crippen LogP contribution is -2.32. The molecule has 2 rings (SSSR count). The van der Waals surface area contributed by atoms with Crippen LogP contribution >= 0.6 is 0 Å². The van der Waals surface area contributed by atoms with E-state index in [0.717, 1.165) is 0 Å². The van der Waals surface area contributed by atoms with E-state index in [1.165, 1.54) is 24.4 Å². The van der Waals surface area contributed by atoms with Gasteiger partial charge in [0.1, 0.15) is 5.82 Å². The Bertz CT molecular complexity index is 774. The summed E-state index contributed by atoms with van der Waals surface area (Å²) in [4.78, 5) is 27.3. The molecule has 1 aromatic carbocycles. The smallest absolute Gasteiger partial charge is 0.329 e. The van der Waals surface area contributed by atoms with E-state index in [-0.39, 0.29) is 17.3 Å². The van der Waals surface area contributed by atoms with Crippen molar-refractivity contribution < 1.29 is 19.8 Å². The number of hydrogen-bond donors (Lipinski definition) is 4. The van der Waals surface area contributed by atoms with Gasteiger partial charge in [-0.15, -0.1) is 0 Å². The molecule has 0 saturated heterocycles. The Hall–Kier alpha value is -3.42. The molecule has 8 nitrogen and oxygen atoms in total. The number of amides is 2. The van der Waals surface area contributed by atoms with Crippen molar-refractivity contribution in [2.45, 2.75) is 6.92 Å². The van der Waals surface area contributed by atoms with E-state index in [9.17, 15) is 14.7 Å². The number of phenols is 2. The number of hydrazone groups is 1. The third-order valence-electron chi connectivity index (χ3n) is 2.72. The van der Waals surface area contributed by atoms with Crippen molar-refractivity contribution in [1.29, 1.82) is 0 Å². The molecule has 2 aromatic rings. The van der Waals surface area contributed by atoms with Gasteiger partial charge in [-0.05, 0) is 42.8 Å². The van der Waals surface area contributed by atoms with Crippen LogP contribution in [0, 0.1) is 6.92 Å². The number of pyridine rings is 1. The number of aromatic hydroxyl groups is 2. The average Bonchev–Trinajstić information content (AvgIpc) is 2.50. The standard InChI is InChI=1S/C15H14N4O4/c1-9-3-2-4-13(17-9)18-14(22)15(23)19-16-8-10-5-6-11(20)12(21)7-10/h2-8,20-21H,1H3,(H,19,23)(H,17,18,22)/b16-8+. The summed E-state index contributed by atoms with van der Waals surface area (Å²) in [5, 5.41) is 24.4. The van der Waals surface area contributed by atoms with Crippen molar-refractivity contribution in [1.82, 2.24) is 10.4 Å². The molecule has 0 spiro atoms. The Kier molecular flexibility index (Phi) is 4.88. The minimum atomic E-state index is -0.965. The van der Waals surface area contributed by atoms with Crippen LogP contribution in [0.15, 0.2) is 41.5 Å². The number of hydrogen-bond acceptors (Lipinski definition) is 6. The molecule has 1 heterocycles. The first-order valence-corrected chi connectivity index (χ1v) is 6.56. The van der Waals surface area contributed by atoms with Crippen LogP contribution in [-0.2, 0) is 9.59 Å². The van der Waals surface area contributed by atoms with Gasteiger partial charge in [-0.3, -0.25) is 9.59 Å². The lowest BCUT2D eigenvalue weighted by molar-refractivity contribution is -0.136. The molecule has 1 aromatic heterocycles. The summed E-state index contributed by atoms with van der Waals surface area (Å²) in [7, 11) is 0. The Morgan fingerprint density at radius 2 is 1.91 bits per heavy atom. The summed E-state index contributed by atoms with van der Waals surface area (Å²) in [5.41, 5.74) is 3.18. The number of carbonyl (C=O) groups is 2. The fourth-order valence-electron chi connectivity index (χ4n) is 1.62. The number of anilines is 1. The Balaban J connectivity index is 1.92. The Morgan fingerprint density at radius 1 is 1.13 bits per heavy atom. The molecule has 0 radical (unpaired) electrons. The summed E-state index contributed by atoms with van der Waals surface area (Å²) in [5.74, 6) is -2.20. The van der Waals surface area contributed by atoms with Crippen LogP contribution in [0.4, 0.5) is 5.82 Å². The van der Waals surface area contributed by atoms with E-state index >= 15 is 0 Å². The van der Waals surface area contributed by atoms with Crippen molar-refractivity contribution in [2.75, 3.05) is 5.32 Å². The predicted molar refractivity (Wildman–Crippen MR) is 83.1 cm³/mol. The van der Waals surface area contributed by atoms with Gasteiger partial charge in [-0.25, -0.2) is 10.4 Å².